The maximum atomic E-state index is 12.6. The van der Waals surface area contributed by atoms with Gasteiger partial charge >= 0.3 is 0 Å². The maximum Gasteiger partial charge on any atom is 0.267 e. The van der Waals surface area contributed by atoms with Crippen LogP contribution in [0.4, 0.5) is 17.1 Å². The van der Waals surface area contributed by atoms with Crippen molar-refractivity contribution in [1.82, 2.24) is 19.5 Å². The van der Waals surface area contributed by atoms with E-state index in [1.54, 1.807) is 42.3 Å². The number of nitrogens with zero attached hydrogens (tertiary/aromatic N) is 4. The first-order chi connectivity index (χ1) is 15.8. The molecular weight excluding hydrogens is 418 g/mol. The van der Waals surface area contributed by atoms with Crippen molar-refractivity contribution >= 4 is 33.9 Å². The fraction of sp³-hybridized carbons (Fsp3) is 0.208. The summed E-state index contributed by atoms with van der Waals surface area (Å²) in [6, 6.07) is 8.85. The van der Waals surface area contributed by atoms with Crippen molar-refractivity contribution in [3.63, 3.8) is 0 Å². The van der Waals surface area contributed by atoms with E-state index in [1.165, 1.54) is 0 Å². The summed E-state index contributed by atoms with van der Waals surface area (Å²) in [5.41, 5.74) is 10.1. The average Bonchev–Trinajstić information content (AvgIpc) is 2.80. The predicted octanol–water partition coefficient (Wildman–Crippen LogP) is 3.36. The fourth-order valence-electron chi connectivity index (χ4n) is 3.81. The molecule has 0 radical (unpaired) electrons. The highest BCUT2D eigenvalue weighted by Crippen LogP contribution is 2.31. The molecule has 4 rings (SSSR count). The van der Waals surface area contributed by atoms with E-state index >= 15 is 0 Å². The summed E-state index contributed by atoms with van der Waals surface area (Å²) in [5.74, 6) is 0.0512. The van der Waals surface area contributed by atoms with Crippen LogP contribution < -0.4 is 21.9 Å². The lowest BCUT2D eigenvalue weighted by molar-refractivity contribution is 0.0995. The zero-order valence-electron chi connectivity index (χ0n) is 18.9. The molecule has 0 aliphatic carbocycles. The van der Waals surface area contributed by atoms with Crippen molar-refractivity contribution in [3.8, 4) is 0 Å². The van der Waals surface area contributed by atoms with Crippen molar-refractivity contribution < 1.29 is 4.79 Å². The Labute approximate surface area is 190 Å². The topological polar surface area (TPSA) is 128 Å². The Kier molecular flexibility index (Phi) is 5.78. The van der Waals surface area contributed by atoms with E-state index in [4.69, 9.17) is 5.73 Å². The van der Waals surface area contributed by atoms with Crippen molar-refractivity contribution in [1.29, 1.82) is 0 Å². The summed E-state index contributed by atoms with van der Waals surface area (Å²) < 4.78 is 1.60. The quantitative estimate of drug-likeness (QED) is 0.417. The summed E-state index contributed by atoms with van der Waals surface area (Å²) in [6.07, 6.45) is 4.99. The number of aromatic nitrogens is 4. The number of carbonyl (C=O) groups is 1. The molecule has 1 aromatic carbocycles. The number of carbonyl (C=O) groups excluding carboxylic acids is 1. The first kappa shape index (κ1) is 21.9. The van der Waals surface area contributed by atoms with Crippen LogP contribution in [0.5, 0.6) is 0 Å². The molecular formula is C24H25N7O2. The zero-order chi connectivity index (χ0) is 23.7. The molecule has 1 unspecified atom stereocenters. The Morgan fingerprint density at radius 3 is 2.55 bits per heavy atom. The number of aryl methyl sites for hydroxylation is 2. The van der Waals surface area contributed by atoms with Crippen LogP contribution in [0, 0.1) is 13.8 Å². The molecule has 0 saturated carbocycles. The predicted molar refractivity (Wildman–Crippen MR) is 129 cm³/mol. The van der Waals surface area contributed by atoms with Crippen molar-refractivity contribution in [2.24, 2.45) is 12.8 Å². The summed E-state index contributed by atoms with van der Waals surface area (Å²) in [7, 11) is 1.74. The third-order valence-corrected chi connectivity index (χ3v) is 5.61. The van der Waals surface area contributed by atoms with Gasteiger partial charge in [-0.05, 0) is 50.6 Å². The monoisotopic (exact) mass is 443 g/mol. The van der Waals surface area contributed by atoms with Crippen LogP contribution >= 0.6 is 0 Å². The van der Waals surface area contributed by atoms with E-state index in [0.29, 0.717) is 17.1 Å². The largest absolute Gasteiger partial charge is 0.375 e. The second kappa shape index (κ2) is 8.70. The van der Waals surface area contributed by atoms with Crippen LogP contribution in [0.1, 0.15) is 40.4 Å². The second-order valence-electron chi connectivity index (χ2n) is 7.94. The molecule has 3 aromatic heterocycles. The number of anilines is 3. The summed E-state index contributed by atoms with van der Waals surface area (Å²) in [5, 5.41) is 7.61. The van der Waals surface area contributed by atoms with Crippen LogP contribution in [-0.2, 0) is 7.05 Å². The number of primary amides is 1. The van der Waals surface area contributed by atoms with Crippen molar-refractivity contribution in [2.75, 3.05) is 10.6 Å². The molecule has 1 amide bonds. The molecule has 3 heterocycles. The van der Waals surface area contributed by atoms with E-state index in [1.807, 2.05) is 39.0 Å². The van der Waals surface area contributed by atoms with E-state index < -0.39 is 5.91 Å². The lowest BCUT2D eigenvalue weighted by Crippen LogP contribution is -2.19. The number of hydrogen-bond acceptors (Lipinski definition) is 7. The highest BCUT2D eigenvalue weighted by atomic mass is 16.1. The molecule has 0 bridgehead atoms. The van der Waals surface area contributed by atoms with Gasteiger partial charge in [0, 0.05) is 59.7 Å². The number of nitrogens with one attached hydrogen (secondary N) is 2. The minimum Gasteiger partial charge on any atom is -0.375 e. The molecule has 0 spiro atoms. The van der Waals surface area contributed by atoms with E-state index in [-0.39, 0.29) is 17.3 Å². The molecule has 0 aliphatic rings. The molecule has 9 heteroatoms. The Hall–Kier alpha value is -4.27. The van der Waals surface area contributed by atoms with Crippen LogP contribution in [0.3, 0.4) is 0 Å². The molecule has 0 saturated heterocycles. The highest BCUT2D eigenvalue weighted by Gasteiger charge is 2.15. The molecule has 4 aromatic rings. The smallest absolute Gasteiger partial charge is 0.267 e. The van der Waals surface area contributed by atoms with Gasteiger partial charge in [-0.25, -0.2) is 9.97 Å². The third kappa shape index (κ3) is 4.25. The fourth-order valence-corrected chi connectivity index (χ4v) is 3.81. The molecule has 0 fully saturated rings. The molecule has 1 atom stereocenters. The van der Waals surface area contributed by atoms with Crippen molar-refractivity contribution in [3.05, 3.63) is 81.9 Å². The SMILES string of the molecule is Cc1cnc(C(N)=O)c(C)c1Nc1ccc2c(c1)c(NC(C)c1ncccn1)cc(=O)n2C. The lowest BCUT2D eigenvalue weighted by Gasteiger charge is -2.19. The first-order valence-corrected chi connectivity index (χ1v) is 10.5. The van der Waals surface area contributed by atoms with Crippen LogP contribution in [-0.4, -0.2) is 25.4 Å². The zero-order valence-corrected chi connectivity index (χ0v) is 18.9. The minimum absolute atomic E-state index is 0.126. The standard InChI is InChI=1S/C24H25N7O2/c1-13-12-28-22(23(25)33)14(2)21(13)30-16-6-7-19-17(10-16)18(11-20(32)31(19)4)29-15(3)24-26-8-5-9-27-24/h5-12,15,29H,1-4H3,(H2,25,33)(H,28,30). The van der Waals surface area contributed by atoms with Gasteiger partial charge in [-0.1, -0.05) is 0 Å². The van der Waals surface area contributed by atoms with E-state index in [9.17, 15) is 9.59 Å². The van der Waals surface area contributed by atoms with Gasteiger partial charge in [0.05, 0.1) is 11.6 Å². The number of amides is 1. The molecule has 33 heavy (non-hydrogen) atoms. The molecule has 9 nitrogen and oxygen atoms in total. The third-order valence-electron chi connectivity index (χ3n) is 5.61. The number of rotatable bonds is 6. The highest BCUT2D eigenvalue weighted by molar-refractivity contribution is 5.96. The van der Waals surface area contributed by atoms with Crippen molar-refractivity contribution in [2.45, 2.75) is 26.8 Å². The number of fused-ring (bicyclic) bond motifs is 1. The Morgan fingerprint density at radius 1 is 1.12 bits per heavy atom. The Balaban J connectivity index is 1.78. The van der Waals surface area contributed by atoms with Gasteiger partial charge in [0.1, 0.15) is 11.5 Å². The Morgan fingerprint density at radius 2 is 1.85 bits per heavy atom. The van der Waals surface area contributed by atoms with Gasteiger partial charge in [-0.3, -0.25) is 14.6 Å². The van der Waals surface area contributed by atoms with Gasteiger partial charge in [-0.2, -0.15) is 0 Å². The summed E-state index contributed by atoms with van der Waals surface area (Å²) in [4.78, 5) is 37.0. The van der Waals surface area contributed by atoms with Crippen LogP contribution in [0.15, 0.2) is 53.7 Å². The number of benzene rings is 1. The first-order valence-electron chi connectivity index (χ1n) is 10.5. The number of hydrogen-bond donors (Lipinski definition) is 3. The van der Waals surface area contributed by atoms with E-state index in [0.717, 1.165) is 27.8 Å². The van der Waals surface area contributed by atoms with Gasteiger partial charge in [0.2, 0.25) is 0 Å². The lowest BCUT2D eigenvalue weighted by atomic mass is 10.1. The summed E-state index contributed by atoms with van der Waals surface area (Å²) in [6.45, 7) is 5.66. The minimum atomic E-state index is -0.576. The van der Waals surface area contributed by atoms with E-state index in [2.05, 4.69) is 25.6 Å². The second-order valence-corrected chi connectivity index (χ2v) is 7.94. The van der Waals surface area contributed by atoms with Gasteiger partial charge < -0.3 is 20.9 Å². The van der Waals surface area contributed by atoms with Gasteiger partial charge in [0.25, 0.3) is 11.5 Å². The number of pyridine rings is 2. The van der Waals surface area contributed by atoms with Crippen LogP contribution in [0.2, 0.25) is 0 Å². The maximum absolute atomic E-state index is 12.6. The van der Waals surface area contributed by atoms with Gasteiger partial charge in [-0.15, -0.1) is 0 Å². The normalized spacial score (nSPS) is 11.9. The van der Waals surface area contributed by atoms with Crippen LogP contribution in [0.25, 0.3) is 10.9 Å². The summed E-state index contributed by atoms with van der Waals surface area (Å²) >= 11 is 0. The molecule has 0 aliphatic heterocycles. The molecule has 4 N–H and O–H groups in total. The van der Waals surface area contributed by atoms with Gasteiger partial charge in [0.15, 0.2) is 0 Å². The molecule has 168 valence electrons. The number of nitrogens with two attached hydrogens (primary N) is 1. The Bertz CT molecular complexity index is 1410. The average molecular weight is 444 g/mol.